The summed E-state index contributed by atoms with van der Waals surface area (Å²) in [5.41, 5.74) is 3.18. The lowest BCUT2D eigenvalue weighted by Gasteiger charge is -2.17. The number of nitrogens with one attached hydrogen (secondary N) is 1. The molecule has 0 fully saturated rings. The smallest absolute Gasteiger partial charge is 0.407 e. The molecule has 0 aromatic heterocycles. The SMILES string of the molecule is CCN(Cc1ccc2c(c1)NCC2CCC(=O)OC)C(=O)O. The number of benzene rings is 1. The minimum absolute atomic E-state index is 0.190. The highest BCUT2D eigenvalue weighted by atomic mass is 16.5. The van der Waals surface area contributed by atoms with Crippen LogP contribution in [0.2, 0.25) is 0 Å². The first-order chi connectivity index (χ1) is 10.5. The van der Waals surface area contributed by atoms with E-state index < -0.39 is 6.09 Å². The number of hydrogen-bond acceptors (Lipinski definition) is 4. The van der Waals surface area contributed by atoms with Gasteiger partial charge >= 0.3 is 12.1 Å². The van der Waals surface area contributed by atoms with Gasteiger partial charge < -0.3 is 20.1 Å². The molecule has 1 heterocycles. The Kier molecular flexibility index (Phi) is 5.25. The molecule has 6 heteroatoms. The first-order valence-electron chi connectivity index (χ1n) is 7.46. The summed E-state index contributed by atoms with van der Waals surface area (Å²) in [7, 11) is 1.40. The van der Waals surface area contributed by atoms with E-state index in [1.807, 2.05) is 25.1 Å². The second kappa shape index (κ2) is 7.15. The third kappa shape index (κ3) is 3.69. The van der Waals surface area contributed by atoms with Gasteiger partial charge in [-0.15, -0.1) is 0 Å². The third-order valence-corrected chi connectivity index (χ3v) is 4.05. The fourth-order valence-electron chi connectivity index (χ4n) is 2.74. The van der Waals surface area contributed by atoms with Crippen molar-refractivity contribution in [3.05, 3.63) is 29.3 Å². The maximum atomic E-state index is 11.2. The van der Waals surface area contributed by atoms with Crippen molar-refractivity contribution in [2.24, 2.45) is 0 Å². The molecule has 120 valence electrons. The van der Waals surface area contributed by atoms with Crippen molar-refractivity contribution in [1.29, 1.82) is 0 Å². The Morgan fingerprint density at radius 1 is 1.45 bits per heavy atom. The summed E-state index contributed by atoms with van der Waals surface area (Å²) >= 11 is 0. The van der Waals surface area contributed by atoms with Gasteiger partial charge in [-0.2, -0.15) is 0 Å². The largest absolute Gasteiger partial charge is 0.469 e. The Bertz CT molecular complexity index is 559. The Morgan fingerprint density at radius 2 is 2.23 bits per heavy atom. The molecule has 1 atom stereocenters. The van der Waals surface area contributed by atoms with Gasteiger partial charge in [-0.1, -0.05) is 12.1 Å². The molecule has 2 N–H and O–H groups in total. The van der Waals surface area contributed by atoms with E-state index in [0.717, 1.165) is 24.2 Å². The number of fused-ring (bicyclic) bond motifs is 1. The second-order valence-electron chi connectivity index (χ2n) is 5.41. The summed E-state index contributed by atoms with van der Waals surface area (Å²) in [4.78, 5) is 23.7. The van der Waals surface area contributed by atoms with Crippen molar-refractivity contribution in [3.8, 4) is 0 Å². The molecule has 6 nitrogen and oxygen atoms in total. The maximum absolute atomic E-state index is 11.2. The lowest BCUT2D eigenvalue weighted by Crippen LogP contribution is -2.28. The van der Waals surface area contributed by atoms with E-state index in [2.05, 4.69) is 10.1 Å². The first kappa shape index (κ1) is 16.1. The molecule has 0 saturated heterocycles. The first-order valence-corrected chi connectivity index (χ1v) is 7.46. The van der Waals surface area contributed by atoms with Gasteiger partial charge in [0.1, 0.15) is 0 Å². The number of esters is 1. The summed E-state index contributed by atoms with van der Waals surface area (Å²) in [6, 6.07) is 5.99. The van der Waals surface area contributed by atoms with E-state index in [9.17, 15) is 9.59 Å². The lowest BCUT2D eigenvalue weighted by atomic mass is 9.95. The summed E-state index contributed by atoms with van der Waals surface area (Å²) in [5, 5.41) is 12.4. The van der Waals surface area contributed by atoms with Crippen molar-refractivity contribution in [1.82, 2.24) is 4.90 Å². The van der Waals surface area contributed by atoms with Gasteiger partial charge in [0, 0.05) is 37.7 Å². The molecule has 22 heavy (non-hydrogen) atoms. The van der Waals surface area contributed by atoms with E-state index in [1.54, 1.807) is 0 Å². The van der Waals surface area contributed by atoms with Gasteiger partial charge in [-0.05, 0) is 30.5 Å². The number of hydrogen-bond donors (Lipinski definition) is 2. The zero-order chi connectivity index (χ0) is 16.1. The molecule has 1 aliphatic rings. The highest BCUT2D eigenvalue weighted by molar-refractivity contribution is 5.69. The fraction of sp³-hybridized carbons (Fsp3) is 0.500. The molecule has 1 unspecified atom stereocenters. The second-order valence-corrected chi connectivity index (χ2v) is 5.41. The van der Waals surface area contributed by atoms with Gasteiger partial charge in [-0.3, -0.25) is 4.79 Å². The normalized spacial score (nSPS) is 15.8. The van der Waals surface area contributed by atoms with Crippen molar-refractivity contribution in [2.75, 3.05) is 25.5 Å². The van der Waals surface area contributed by atoms with E-state index in [1.165, 1.54) is 17.6 Å². The number of carboxylic acid groups (broad SMARTS) is 1. The standard InChI is InChI=1S/C16H22N2O4/c1-3-18(16(20)21)10-11-4-6-13-12(5-7-15(19)22-2)9-17-14(13)8-11/h4,6,8,12,17H,3,5,7,9-10H2,1-2H3,(H,20,21). The molecule has 0 spiro atoms. The number of carbonyl (C=O) groups is 2. The number of amides is 1. The van der Waals surface area contributed by atoms with Crippen molar-refractivity contribution in [2.45, 2.75) is 32.2 Å². The van der Waals surface area contributed by atoms with Gasteiger partial charge in [0.05, 0.1) is 7.11 Å². The van der Waals surface area contributed by atoms with Crippen LogP contribution in [0.1, 0.15) is 36.8 Å². The average molecular weight is 306 g/mol. The molecule has 1 aliphatic heterocycles. The van der Waals surface area contributed by atoms with Crippen LogP contribution < -0.4 is 5.32 Å². The molecular formula is C16H22N2O4. The summed E-state index contributed by atoms with van der Waals surface area (Å²) in [6.45, 7) is 3.46. The molecule has 1 amide bonds. The number of nitrogens with zero attached hydrogens (tertiary/aromatic N) is 1. The zero-order valence-corrected chi connectivity index (χ0v) is 13.0. The fourth-order valence-corrected chi connectivity index (χ4v) is 2.74. The van der Waals surface area contributed by atoms with Crippen LogP contribution in [0.4, 0.5) is 10.5 Å². The van der Waals surface area contributed by atoms with Crippen LogP contribution >= 0.6 is 0 Å². The van der Waals surface area contributed by atoms with Crippen LogP contribution in [0.5, 0.6) is 0 Å². The Balaban J connectivity index is 2.04. The van der Waals surface area contributed by atoms with Crippen molar-refractivity contribution in [3.63, 3.8) is 0 Å². The van der Waals surface area contributed by atoms with Crippen molar-refractivity contribution >= 4 is 17.7 Å². The Hall–Kier alpha value is -2.24. The van der Waals surface area contributed by atoms with Crippen molar-refractivity contribution < 1.29 is 19.4 Å². The van der Waals surface area contributed by atoms with Gasteiger partial charge in [0.2, 0.25) is 0 Å². The number of rotatable bonds is 6. The quantitative estimate of drug-likeness (QED) is 0.790. The highest BCUT2D eigenvalue weighted by Crippen LogP contribution is 2.35. The minimum atomic E-state index is -0.910. The molecule has 0 saturated carbocycles. The summed E-state index contributed by atoms with van der Waals surface area (Å²) in [6.07, 6.45) is 0.251. The predicted octanol–water partition coefficient (Wildman–Crippen LogP) is 2.65. The topological polar surface area (TPSA) is 78.9 Å². The number of carbonyl (C=O) groups excluding carboxylic acids is 1. The van der Waals surface area contributed by atoms with Crippen LogP contribution in [-0.2, 0) is 16.1 Å². The van der Waals surface area contributed by atoms with Crippen LogP contribution in [0.3, 0.4) is 0 Å². The molecular weight excluding hydrogens is 284 g/mol. The van der Waals surface area contributed by atoms with E-state index in [0.29, 0.717) is 25.4 Å². The zero-order valence-electron chi connectivity index (χ0n) is 13.0. The molecule has 0 radical (unpaired) electrons. The maximum Gasteiger partial charge on any atom is 0.407 e. The molecule has 1 aromatic carbocycles. The highest BCUT2D eigenvalue weighted by Gasteiger charge is 2.23. The third-order valence-electron chi connectivity index (χ3n) is 4.05. The summed E-state index contributed by atoms with van der Waals surface area (Å²) < 4.78 is 4.68. The number of ether oxygens (including phenoxy) is 1. The van der Waals surface area contributed by atoms with Crippen LogP contribution in [0, 0.1) is 0 Å². The molecule has 1 aromatic rings. The average Bonchev–Trinajstić information content (AvgIpc) is 2.92. The van der Waals surface area contributed by atoms with Gasteiger partial charge in [0.25, 0.3) is 0 Å². The van der Waals surface area contributed by atoms with Crippen LogP contribution in [-0.4, -0.2) is 42.3 Å². The van der Waals surface area contributed by atoms with Crippen LogP contribution in [0.25, 0.3) is 0 Å². The molecule has 2 rings (SSSR count). The predicted molar refractivity (Wildman–Crippen MR) is 83.0 cm³/mol. The summed E-state index contributed by atoms with van der Waals surface area (Å²) in [5.74, 6) is 0.106. The lowest BCUT2D eigenvalue weighted by molar-refractivity contribution is -0.140. The monoisotopic (exact) mass is 306 g/mol. The Morgan fingerprint density at radius 3 is 2.86 bits per heavy atom. The van der Waals surface area contributed by atoms with E-state index in [4.69, 9.17) is 5.11 Å². The van der Waals surface area contributed by atoms with Gasteiger partial charge in [-0.25, -0.2) is 4.79 Å². The number of methoxy groups -OCH3 is 1. The minimum Gasteiger partial charge on any atom is -0.469 e. The van der Waals surface area contributed by atoms with E-state index >= 15 is 0 Å². The van der Waals surface area contributed by atoms with E-state index in [-0.39, 0.29) is 5.97 Å². The number of anilines is 1. The van der Waals surface area contributed by atoms with Crippen LogP contribution in [0.15, 0.2) is 18.2 Å². The molecule has 0 bridgehead atoms. The Labute approximate surface area is 130 Å². The van der Waals surface area contributed by atoms with Gasteiger partial charge in [0.15, 0.2) is 0 Å². The molecule has 0 aliphatic carbocycles.